The van der Waals surface area contributed by atoms with E-state index in [1.807, 2.05) is 54.6 Å². The lowest BCUT2D eigenvalue weighted by molar-refractivity contribution is -0.117. The van der Waals surface area contributed by atoms with Gasteiger partial charge in [0.1, 0.15) is 11.5 Å². The normalized spacial score (nSPS) is 12.9. The molecule has 4 rings (SSSR count). The van der Waals surface area contributed by atoms with Crippen molar-refractivity contribution in [2.24, 2.45) is 0 Å². The maximum atomic E-state index is 13.1. The van der Waals surface area contributed by atoms with Crippen molar-refractivity contribution in [3.63, 3.8) is 0 Å². The zero-order chi connectivity index (χ0) is 20.5. The Morgan fingerprint density at radius 3 is 2.62 bits per heavy atom. The molecule has 1 heterocycles. The van der Waals surface area contributed by atoms with E-state index in [2.05, 4.69) is 37.2 Å². The molecule has 3 aromatic carbocycles. The first-order valence-corrected chi connectivity index (χ1v) is 11.7. The van der Waals surface area contributed by atoms with Gasteiger partial charge < -0.3 is 9.73 Å². The van der Waals surface area contributed by atoms with Crippen LogP contribution in [0.25, 0.3) is 21.7 Å². The van der Waals surface area contributed by atoms with Crippen molar-refractivity contribution in [3.05, 3.63) is 75.4 Å². The van der Waals surface area contributed by atoms with Crippen LogP contribution in [0.4, 0.5) is 5.69 Å². The van der Waals surface area contributed by atoms with Crippen LogP contribution in [0.1, 0.15) is 11.5 Å². The Balaban J connectivity index is 1.71. The summed E-state index contributed by atoms with van der Waals surface area (Å²) in [5.41, 5.74) is 1.78. The first-order chi connectivity index (χ1) is 13.9. The SMILES string of the molecule is O=C(Nc1ccc2ccccc2c1)C(C[P+](=O)O)c1coc2c(Br)cc(Br)cc12. The van der Waals surface area contributed by atoms with Crippen molar-refractivity contribution in [2.75, 3.05) is 11.5 Å². The van der Waals surface area contributed by atoms with Crippen LogP contribution >= 0.6 is 39.9 Å². The van der Waals surface area contributed by atoms with Gasteiger partial charge in [0.05, 0.1) is 10.7 Å². The van der Waals surface area contributed by atoms with Gasteiger partial charge in [-0.2, -0.15) is 4.89 Å². The Bertz CT molecular complexity index is 1250. The van der Waals surface area contributed by atoms with Crippen molar-refractivity contribution in [1.29, 1.82) is 0 Å². The number of rotatable bonds is 5. The van der Waals surface area contributed by atoms with Gasteiger partial charge in [0.2, 0.25) is 5.91 Å². The number of amides is 1. The van der Waals surface area contributed by atoms with Crippen molar-refractivity contribution in [1.82, 2.24) is 0 Å². The molecule has 2 N–H and O–H groups in total. The Morgan fingerprint density at radius 1 is 1.10 bits per heavy atom. The number of hydrogen-bond donors (Lipinski definition) is 2. The molecule has 1 amide bonds. The molecule has 146 valence electrons. The molecule has 0 aliphatic carbocycles. The van der Waals surface area contributed by atoms with Crippen LogP contribution in [0.3, 0.4) is 0 Å². The molecular formula is C21H15Br2NO4P+. The molecule has 0 aliphatic heterocycles. The van der Waals surface area contributed by atoms with Gasteiger partial charge in [-0.1, -0.05) is 46.3 Å². The number of hydrogen-bond acceptors (Lipinski definition) is 3. The predicted molar refractivity (Wildman–Crippen MR) is 122 cm³/mol. The molecule has 0 saturated carbocycles. The van der Waals surface area contributed by atoms with Gasteiger partial charge in [-0.05, 0) is 55.5 Å². The molecule has 8 heteroatoms. The molecule has 2 unspecified atom stereocenters. The van der Waals surface area contributed by atoms with Gasteiger partial charge in [0.25, 0.3) is 0 Å². The molecule has 0 fully saturated rings. The van der Waals surface area contributed by atoms with E-state index in [0.717, 1.165) is 19.7 Å². The molecule has 0 saturated heterocycles. The molecule has 29 heavy (non-hydrogen) atoms. The second-order valence-electron chi connectivity index (χ2n) is 6.59. The molecule has 4 aromatic rings. The lowest BCUT2D eigenvalue weighted by atomic mass is 9.99. The van der Waals surface area contributed by atoms with Crippen molar-refractivity contribution in [3.8, 4) is 0 Å². The van der Waals surface area contributed by atoms with Crippen LogP contribution < -0.4 is 5.32 Å². The highest BCUT2D eigenvalue weighted by Gasteiger charge is 2.33. The van der Waals surface area contributed by atoms with E-state index in [4.69, 9.17) is 4.42 Å². The minimum absolute atomic E-state index is 0.201. The third kappa shape index (κ3) is 4.28. The summed E-state index contributed by atoms with van der Waals surface area (Å²) in [7, 11) is -2.53. The number of carbonyl (C=O) groups is 1. The summed E-state index contributed by atoms with van der Waals surface area (Å²) >= 11 is 6.88. The van der Waals surface area contributed by atoms with E-state index in [-0.39, 0.29) is 12.1 Å². The summed E-state index contributed by atoms with van der Waals surface area (Å²) in [5, 5.41) is 5.65. The fraction of sp³-hybridized carbons (Fsp3) is 0.0952. The smallest absolute Gasteiger partial charge is 0.463 e. The molecule has 0 bridgehead atoms. The van der Waals surface area contributed by atoms with E-state index >= 15 is 0 Å². The molecule has 2 atom stereocenters. The maximum absolute atomic E-state index is 13.1. The molecule has 0 radical (unpaired) electrons. The number of benzene rings is 3. The molecule has 5 nitrogen and oxygen atoms in total. The third-order valence-electron chi connectivity index (χ3n) is 4.67. The minimum Gasteiger partial charge on any atom is -0.463 e. The summed E-state index contributed by atoms with van der Waals surface area (Å²) in [4.78, 5) is 22.6. The van der Waals surface area contributed by atoms with Gasteiger partial charge in [-0.3, -0.25) is 4.79 Å². The number of carbonyl (C=O) groups excluding carboxylic acids is 1. The molecule has 1 aromatic heterocycles. The standard InChI is InChI=1S/C21H14Br2NO4P/c22-14-8-16-17(10-28-20(16)19(23)9-14)18(11-29(26)27)21(25)24-15-6-5-12-3-1-2-4-13(12)7-15/h1-10,18H,11H2,(H-,24,25,26,27)/p+1. The summed E-state index contributed by atoms with van der Waals surface area (Å²) in [6.07, 6.45) is 1.28. The van der Waals surface area contributed by atoms with Crippen molar-refractivity contribution >= 4 is 73.2 Å². The average molecular weight is 536 g/mol. The number of anilines is 1. The maximum Gasteiger partial charge on any atom is 0.506 e. The topological polar surface area (TPSA) is 79.5 Å². The van der Waals surface area contributed by atoms with Crippen molar-refractivity contribution in [2.45, 2.75) is 5.92 Å². The van der Waals surface area contributed by atoms with E-state index in [1.54, 1.807) is 0 Å². The van der Waals surface area contributed by atoms with Gasteiger partial charge in [0.15, 0.2) is 6.16 Å². The predicted octanol–water partition coefficient (Wildman–Crippen LogP) is 6.57. The quantitative estimate of drug-likeness (QED) is 0.283. The van der Waals surface area contributed by atoms with Gasteiger partial charge in [-0.25, -0.2) is 0 Å². The fourth-order valence-electron chi connectivity index (χ4n) is 3.33. The van der Waals surface area contributed by atoms with Crippen LogP contribution in [0.2, 0.25) is 0 Å². The van der Waals surface area contributed by atoms with Gasteiger partial charge >= 0.3 is 8.03 Å². The minimum atomic E-state index is -2.53. The Kier molecular flexibility index (Phi) is 5.83. The zero-order valence-electron chi connectivity index (χ0n) is 14.9. The first-order valence-electron chi connectivity index (χ1n) is 8.72. The Labute approximate surface area is 184 Å². The largest absolute Gasteiger partial charge is 0.506 e. The summed E-state index contributed by atoms with van der Waals surface area (Å²) < 4.78 is 18.8. The van der Waals surface area contributed by atoms with E-state index < -0.39 is 13.9 Å². The number of halogens is 2. The van der Waals surface area contributed by atoms with Crippen LogP contribution in [0.15, 0.2) is 74.2 Å². The third-order valence-corrected chi connectivity index (χ3v) is 6.40. The number of furan rings is 1. The zero-order valence-corrected chi connectivity index (χ0v) is 19.0. The van der Waals surface area contributed by atoms with E-state index in [0.29, 0.717) is 22.2 Å². The average Bonchev–Trinajstić information content (AvgIpc) is 3.09. The highest BCUT2D eigenvalue weighted by molar-refractivity contribution is 9.11. The number of fused-ring (bicyclic) bond motifs is 2. The second kappa shape index (κ2) is 8.36. The second-order valence-corrected chi connectivity index (χ2v) is 9.43. The molecule has 0 spiro atoms. The summed E-state index contributed by atoms with van der Waals surface area (Å²) in [6, 6.07) is 17.1. The Hall–Kier alpha value is -2.05. The lowest BCUT2D eigenvalue weighted by Crippen LogP contribution is -2.23. The van der Waals surface area contributed by atoms with Gasteiger partial charge in [0, 0.05) is 21.1 Å². The van der Waals surface area contributed by atoms with Crippen molar-refractivity contribution < 1.29 is 18.7 Å². The van der Waals surface area contributed by atoms with E-state index in [1.165, 1.54) is 6.26 Å². The first kappa shape index (κ1) is 20.2. The summed E-state index contributed by atoms with van der Waals surface area (Å²) in [6.45, 7) is 0. The van der Waals surface area contributed by atoms with Crippen LogP contribution in [0, 0.1) is 0 Å². The van der Waals surface area contributed by atoms with Crippen LogP contribution in [-0.2, 0) is 9.36 Å². The van der Waals surface area contributed by atoms with Crippen LogP contribution in [-0.4, -0.2) is 17.0 Å². The van der Waals surface area contributed by atoms with Crippen LogP contribution in [0.5, 0.6) is 0 Å². The molecular weight excluding hydrogens is 521 g/mol. The van der Waals surface area contributed by atoms with Gasteiger partial charge in [-0.15, -0.1) is 0 Å². The van der Waals surface area contributed by atoms with E-state index in [9.17, 15) is 14.3 Å². The summed E-state index contributed by atoms with van der Waals surface area (Å²) in [5.74, 6) is -1.20. The number of nitrogens with one attached hydrogen (secondary N) is 1. The monoisotopic (exact) mass is 534 g/mol. The fourth-order valence-corrected chi connectivity index (χ4v) is 5.32. The highest BCUT2D eigenvalue weighted by Crippen LogP contribution is 2.38. The Morgan fingerprint density at radius 2 is 1.86 bits per heavy atom. The lowest BCUT2D eigenvalue weighted by Gasteiger charge is -2.12. The highest BCUT2D eigenvalue weighted by atomic mass is 79.9. The molecule has 0 aliphatic rings.